The number of methoxy groups -OCH3 is 1. The lowest BCUT2D eigenvalue weighted by atomic mass is 9.93. The van der Waals surface area contributed by atoms with E-state index in [1.54, 1.807) is 36.4 Å². The third kappa shape index (κ3) is 4.29. The number of aromatic amines is 1. The fraction of sp³-hybridized carbons (Fsp3) is 0.167. The molecule has 1 aliphatic rings. The van der Waals surface area contributed by atoms with Crippen LogP contribution in [0.2, 0.25) is 0 Å². The highest BCUT2D eigenvalue weighted by molar-refractivity contribution is 6.46. The highest BCUT2D eigenvalue weighted by Gasteiger charge is 2.46. The number of carbonyl (C=O) groups excluding carboxylic acids is 3. The molecular weight excluding hydrogens is 468 g/mol. The maximum Gasteiger partial charge on any atom is 0.337 e. The maximum atomic E-state index is 13.3. The summed E-state index contributed by atoms with van der Waals surface area (Å²) in [5.74, 6) is -2.10. The summed E-state index contributed by atoms with van der Waals surface area (Å²) in [6.45, 7) is 2.10. The Hall–Kier alpha value is -4.65. The SMILES string of the molecule is COC(=O)c1ccc(C2C(=C(O)c3ccccc3C)C(=O)C(=O)N2CCc2c[nH]c3ccccc23)cc1. The van der Waals surface area contributed by atoms with Crippen molar-refractivity contribution in [1.29, 1.82) is 0 Å². The zero-order valence-corrected chi connectivity index (χ0v) is 20.5. The van der Waals surface area contributed by atoms with Gasteiger partial charge >= 0.3 is 5.97 Å². The molecule has 0 bridgehead atoms. The van der Waals surface area contributed by atoms with Gasteiger partial charge in [0, 0.05) is 29.2 Å². The van der Waals surface area contributed by atoms with Gasteiger partial charge in [-0.05, 0) is 48.2 Å². The number of rotatable bonds is 6. The second kappa shape index (κ2) is 9.78. The van der Waals surface area contributed by atoms with Gasteiger partial charge in [-0.2, -0.15) is 0 Å². The minimum atomic E-state index is -0.809. The lowest BCUT2D eigenvalue weighted by Gasteiger charge is -2.25. The van der Waals surface area contributed by atoms with Gasteiger partial charge in [-0.25, -0.2) is 4.79 Å². The third-order valence-electron chi connectivity index (χ3n) is 6.88. The molecule has 7 heteroatoms. The smallest absolute Gasteiger partial charge is 0.337 e. The number of nitrogens with zero attached hydrogens (tertiary/aromatic N) is 1. The van der Waals surface area contributed by atoms with Crippen molar-refractivity contribution in [2.45, 2.75) is 19.4 Å². The maximum absolute atomic E-state index is 13.3. The van der Waals surface area contributed by atoms with Crippen molar-refractivity contribution in [3.63, 3.8) is 0 Å². The molecule has 3 aromatic carbocycles. The second-order valence-corrected chi connectivity index (χ2v) is 9.03. The van der Waals surface area contributed by atoms with Gasteiger partial charge in [0.05, 0.1) is 24.3 Å². The number of aryl methyl sites for hydroxylation is 1. The molecule has 1 amide bonds. The van der Waals surface area contributed by atoms with E-state index in [1.807, 2.05) is 49.5 Å². The fourth-order valence-corrected chi connectivity index (χ4v) is 4.94. The van der Waals surface area contributed by atoms with E-state index in [4.69, 9.17) is 4.74 Å². The first-order valence-electron chi connectivity index (χ1n) is 12.0. The van der Waals surface area contributed by atoms with Gasteiger partial charge in [0.1, 0.15) is 5.76 Å². The Morgan fingerprint density at radius 2 is 1.70 bits per heavy atom. The number of esters is 1. The van der Waals surface area contributed by atoms with E-state index >= 15 is 0 Å². The van der Waals surface area contributed by atoms with Crippen LogP contribution in [0.5, 0.6) is 0 Å². The van der Waals surface area contributed by atoms with Gasteiger partial charge in [0.2, 0.25) is 0 Å². The van der Waals surface area contributed by atoms with E-state index in [-0.39, 0.29) is 17.9 Å². The van der Waals surface area contributed by atoms with Crippen LogP contribution in [0.15, 0.2) is 84.6 Å². The summed E-state index contributed by atoms with van der Waals surface area (Å²) >= 11 is 0. The molecule has 2 N–H and O–H groups in total. The van der Waals surface area contributed by atoms with Gasteiger partial charge in [0.15, 0.2) is 0 Å². The molecule has 0 spiro atoms. The topological polar surface area (TPSA) is 99.7 Å². The number of H-pyrrole nitrogens is 1. The van der Waals surface area contributed by atoms with Crippen LogP contribution in [0, 0.1) is 6.92 Å². The van der Waals surface area contributed by atoms with Crippen LogP contribution < -0.4 is 0 Å². The van der Waals surface area contributed by atoms with E-state index in [9.17, 15) is 19.5 Å². The first kappa shape index (κ1) is 24.1. The monoisotopic (exact) mass is 494 g/mol. The largest absolute Gasteiger partial charge is 0.507 e. The van der Waals surface area contributed by atoms with Crippen molar-refractivity contribution in [2.75, 3.05) is 13.7 Å². The molecule has 7 nitrogen and oxygen atoms in total. The number of hydrogen-bond acceptors (Lipinski definition) is 5. The molecule has 1 fully saturated rings. The zero-order chi connectivity index (χ0) is 26.1. The number of nitrogens with one attached hydrogen (secondary N) is 1. The molecule has 1 saturated heterocycles. The molecule has 1 unspecified atom stereocenters. The first-order valence-corrected chi connectivity index (χ1v) is 12.0. The molecule has 186 valence electrons. The van der Waals surface area contributed by atoms with Crippen LogP contribution in [-0.4, -0.2) is 46.3 Å². The first-order chi connectivity index (χ1) is 17.9. The van der Waals surface area contributed by atoms with Crippen LogP contribution in [0.4, 0.5) is 0 Å². The van der Waals surface area contributed by atoms with Gasteiger partial charge < -0.3 is 19.7 Å². The number of aliphatic hydroxyl groups excluding tert-OH is 1. The Bertz CT molecular complexity index is 1550. The fourth-order valence-electron chi connectivity index (χ4n) is 4.94. The van der Waals surface area contributed by atoms with E-state index in [2.05, 4.69) is 4.98 Å². The van der Waals surface area contributed by atoms with Crippen LogP contribution in [0.3, 0.4) is 0 Å². The van der Waals surface area contributed by atoms with E-state index in [1.165, 1.54) is 12.0 Å². The molecule has 5 rings (SSSR count). The van der Waals surface area contributed by atoms with Crippen LogP contribution >= 0.6 is 0 Å². The van der Waals surface area contributed by atoms with Crippen molar-refractivity contribution in [2.24, 2.45) is 0 Å². The molecule has 37 heavy (non-hydrogen) atoms. The Labute approximate surface area is 214 Å². The number of para-hydroxylation sites is 1. The predicted octanol–water partition coefficient (Wildman–Crippen LogP) is 4.93. The standard InChI is InChI=1S/C30H26N2O5/c1-18-7-3-4-8-22(18)27(33)25-26(19-11-13-20(14-12-19)30(36)37-2)32(29(35)28(25)34)16-15-21-17-31-24-10-6-5-9-23(21)24/h3-14,17,26,31,33H,15-16H2,1-2H3. The van der Waals surface area contributed by atoms with Gasteiger partial charge in [-0.3, -0.25) is 9.59 Å². The summed E-state index contributed by atoms with van der Waals surface area (Å²) in [6, 6.07) is 20.8. The lowest BCUT2D eigenvalue weighted by Crippen LogP contribution is -2.31. The molecule has 1 atom stereocenters. The van der Waals surface area contributed by atoms with Crippen molar-refractivity contribution >= 4 is 34.3 Å². The van der Waals surface area contributed by atoms with E-state index in [0.29, 0.717) is 23.1 Å². The Morgan fingerprint density at radius 3 is 2.43 bits per heavy atom. The normalized spacial score (nSPS) is 16.9. The zero-order valence-electron chi connectivity index (χ0n) is 20.5. The highest BCUT2D eigenvalue weighted by Crippen LogP contribution is 2.40. The number of likely N-dealkylation sites (tertiary alicyclic amines) is 1. The average molecular weight is 495 g/mol. The number of fused-ring (bicyclic) bond motifs is 1. The second-order valence-electron chi connectivity index (χ2n) is 9.03. The Kier molecular flexibility index (Phi) is 6.36. The summed E-state index contributed by atoms with van der Waals surface area (Å²) in [4.78, 5) is 43.3. The van der Waals surface area contributed by atoms with Crippen LogP contribution in [0.25, 0.3) is 16.7 Å². The summed E-state index contributed by atoms with van der Waals surface area (Å²) in [6.07, 6.45) is 2.42. The summed E-state index contributed by atoms with van der Waals surface area (Å²) in [7, 11) is 1.30. The molecule has 0 saturated carbocycles. The van der Waals surface area contributed by atoms with Crippen LogP contribution in [-0.2, 0) is 20.7 Å². The summed E-state index contributed by atoms with van der Waals surface area (Å²) in [5.41, 5.74) is 4.29. The predicted molar refractivity (Wildman–Crippen MR) is 140 cm³/mol. The molecule has 0 aliphatic carbocycles. The summed E-state index contributed by atoms with van der Waals surface area (Å²) in [5, 5.41) is 12.4. The number of benzene rings is 3. The number of carbonyl (C=O) groups is 3. The van der Waals surface area contributed by atoms with Crippen LogP contribution in [0.1, 0.15) is 38.7 Å². The van der Waals surface area contributed by atoms with Gasteiger partial charge in [-0.15, -0.1) is 0 Å². The average Bonchev–Trinajstić information content (AvgIpc) is 3.45. The van der Waals surface area contributed by atoms with Gasteiger partial charge in [0.25, 0.3) is 11.7 Å². The van der Waals surface area contributed by atoms with Gasteiger partial charge in [-0.1, -0.05) is 54.6 Å². The quantitative estimate of drug-likeness (QED) is 0.171. The Balaban J connectivity index is 1.58. The molecule has 0 radical (unpaired) electrons. The van der Waals surface area contributed by atoms with Crippen molar-refractivity contribution in [1.82, 2.24) is 9.88 Å². The minimum Gasteiger partial charge on any atom is -0.507 e. The number of hydrogen-bond donors (Lipinski definition) is 2. The van der Waals surface area contributed by atoms with Crippen molar-refractivity contribution in [3.05, 3.63) is 112 Å². The van der Waals surface area contributed by atoms with E-state index < -0.39 is 23.7 Å². The van der Waals surface area contributed by atoms with Crippen molar-refractivity contribution < 1.29 is 24.2 Å². The number of aliphatic hydroxyl groups is 1. The number of Topliss-reactive ketones (excluding diaryl/α,β-unsaturated/α-hetero) is 1. The molecule has 2 heterocycles. The minimum absolute atomic E-state index is 0.0315. The number of aromatic nitrogens is 1. The summed E-state index contributed by atoms with van der Waals surface area (Å²) < 4.78 is 4.79. The number of ketones is 1. The lowest BCUT2D eigenvalue weighted by molar-refractivity contribution is -0.139. The molecular formula is C30H26N2O5. The van der Waals surface area contributed by atoms with E-state index in [0.717, 1.165) is 22.0 Å². The number of ether oxygens (including phenoxy) is 1. The molecule has 1 aromatic heterocycles. The highest BCUT2D eigenvalue weighted by atomic mass is 16.5. The Morgan fingerprint density at radius 1 is 1.00 bits per heavy atom. The molecule has 4 aromatic rings. The molecule has 1 aliphatic heterocycles. The van der Waals surface area contributed by atoms with Crippen molar-refractivity contribution in [3.8, 4) is 0 Å². The third-order valence-corrected chi connectivity index (χ3v) is 6.88. The number of amides is 1.